The molecule has 0 fully saturated rings. The molecule has 1 atom stereocenters. The molecule has 5 rings (SSSR count). The number of benzene rings is 2. The quantitative estimate of drug-likeness (QED) is 0.277. The van der Waals surface area contributed by atoms with E-state index in [1.807, 2.05) is 29.1 Å². The summed E-state index contributed by atoms with van der Waals surface area (Å²) >= 11 is 0. The number of rotatable bonds is 10. The molecule has 36 heavy (non-hydrogen) atoms. The summed E-state index contributed by atoms with van der Waals surface area (Å²) in [5.74, 6) is -0.0118. The number of pyridine rings is 1. The van der Waals surface area contributed by atoms with E-state index in [9.17, 15) is 4.79 Å². The molecule has 2 aromatic carbocycles. The van der Waals surface area contributed by atoms with Crippen LogP contribution in [-0.4, -0.2) is 31.6 Å². The van der Waals surface area contributed by atoms with Crippen LogP contribution in [-0.2, 0) is 17.9 Å². The maximum absolute atomic E-state index is 13.1. The van der Waals surface area contributed by atoms with E-state index in [0.29, 0.717) is 13.0 Å². The highest BCUT2D eigenvalue weighted by molar-refractivity contribution is 5.84. The van der Waals surface area contributed by atoms with Gasteiger partial charge in [-0.25, -0.2) is 9.97 Å². The molecule has 0 aliphatic carbocycles. The molecule has 6 nitrogen and oxygen atoms in total. The lowest BCUT2D eigenvalue weighted by atomic mass is 9.87. The Morgan fingerprint density at radius 1 is 1.03 bits per heavy atom. The molecule has 0 spiro atoms. The second kappa shape index (κ2) is 11.0. The number of fused-ring (bicyclic) bond motifs is 1. The van der Waals surface area contributed by atoms with Crippen molar-refractivity contribution in [2.45, 2.75) is 38.8 Å². The van der Waals surface area contributed by atoms with Crippen LogP contribution >= 0.6 is 0 Å². The molecule has 1 N–H and O–H groups in total. The van der Waals surface area contributed by atoms with Gasteiger partial charge < -0.3 is 14.5 Å². The van der Waals surface area contributed by atoms with Gasteiger partial charge in [0.25, 0.3) is 0 Å². The van der Waals surface area contributed by atoms with Crippen LogP contribution in [0.2, 0.25) is 0 Å². The zero-order valence-corrected chi connectivity index (χ0v) is 20.5. The second-order valence-electron chi connectivity index (χ2n) is 9.25. The van der Waals surface area contributed by atoms with Gasteiger partial charge >= 0.3 is 0 Å². The van der Waals surface area contributed by atoms with Gasteiger partial charge in [-0.2, -0.15) is 0 Å². The van der Waals surface area contributed by atoms with E-state index in [2.05, 4.69) is 82.6 Å². The summed E-state index contributed by atoms with van der Waals surface area (Å²) in [4.78, 5) is 21.9. The molecule has 0 saturated carbocycles. The number of carbonyl (C=O) groups excluding carboxylic acids is 1. The van der Waals surface area contributed by atoms with Crippen molar-refractivity contribution in [3.63, 3.8) is 0 Å². The van der Waals surface area contributed by atoms with Gasteiger partial charge in [0.15, 0.2) is 0 Å². The molecule has 0 aliphatic rings. The fourth-order valence-corrected chi connectivity index (χ4v) is 4.79. The Balaban J connectivity index is 1.41. The number of nitrogens with one attached hydrogen (secondary N) is 1. The lowest BCUT2D eigenvalue weighted by Crippen LogP contribution is -2.27. The van der Waals surface area contributed by atoms with Gasteiger partial charge in [0, 0.05) is 62.1 Å². The van der Waals surface area contributed by atoms with Crippen LogP contribution in [0.5, 0.6) is 0 Å². The standard InChI is InChI=1S/C30H31N5O/c1-23-8-5-11-25(18-23)27(19-29(36)32-14-7-16-34-17-15-31-22-34)28-21-35(20-24-9-3-2-4-10-24)30-26(28)12-6-13-33-30/h2-6,8-13,15,17-18,21-22,27H,7,14,16,19-20H2,1H3,(H,32,36). The Morgan fingerprint density at radius 2 is 1.92 bits per heavy atom. The van der Waals surface area contributed by atoms with Gasteiger partial charge in [-0.05, 0) is 42.2 Å². The highest BCUT2D eigenvalue weighted by Gasteiger charge is 2.23. The van der Waals surface area contributed by atoms with Crippen molar-refractivity contribution >= 4 is 16.9 Å². The lowest BCUT2D eigenvalue weighted by Gasteiger charge is -2.18. The van der Waals surface area contributed by atoms with E-state index in [4.69, 9.17) is 4.98 Å². The van der Waals surface area contributed by atoms with E-state index in [1.165, 1.54) is 11.1 Å². The number of amides is 1. The number of nitrogens with zero attached hydrogens (tertiary/aromatic N) is 4. The zero-order valence-electron chi connectivity index (χ0n) is 20.5. The van der Waals surface area contributed by atoms with E-state index in [0.717, 1.165) is 41.7 Å². The highest BCUT2D eigenvalue weighted by atomic mass is 16.1. The predicted octanol–water partition coefficient (Wildman–Crippen LogP) is 5.32. The maximum Gasteiger partial charge on any atom is 0.220 e. The van der Waals surface area contributed by atoms with Crippen molar-refractivity contribution in [1.82, 2.24) is 24.4 Å². The molecule has 5 aromatic rings. The van der Waals surface area contributed by atoms with Crippen molar-refractivity contribution in [1.29, 1.82) is 0 Å². The molecule has 3 aromatic heterocycles. The average molecular weight is 478 g/mol. The number of aryl methyl sites for hydroxylation is 2. The van der Waals surface area contributed by atoms with E-state index < -0.39 is 0 Å². The summed E-state index contributed by atoms with van der Waals surface area (Å²) in [6, 6.07) is 23.0. The van der Waals surface area contributed by atoms with Crippen molar-refractivity contribution in [3.8, 4) is 0 Å². The van der Waals surface area contributed by atoms with E-state index in [-0.39, 0.29) is 11.8 Å². The first-order valence-electron chi connectivity index (χ1n) is 12.4. The average Bonchev–Trinajstić information content (AvgIpc) is 3.54. The third-order valence-corrected chi connectivity index (χ3v) is 6.54. The Kier molecular flexibility index (Phi) is 7.22. The van der Waals surface area contributed by atoms with Gasteiger partial charge in [-0.3, -0.25) is 4.79 Å². The van der Waals surface area contributed by atoms with Crippen LogP contribution in [0.4, 0.5) is 0 Å². The molecule has 1 unspecified atom stereocenters. The van der Waals surface area contributed by atoms with Crippen LogP contribution < -0.4 is 5.32 Å². The topological polar surface area (TPSA) is 64.7 Å². The largest absolute Gasteiger partial charge is 0.356 e. The molecule has 0 bridgehead atoms. The van der Waals surface area contributed by atoms with E-state index >= 15 is 0 Å². The first-order valence-corrected chi connectivity index (χ1v) is 12.4. The van der Waals surface area contributed by atoms with Crippen molar-refractivity contribution < 1.29 is 4.79 Å². The van der Waals surface area contributed by atoms with Crippen LogP contribution in [0.25, 0.3) is 11.0 Å². The van der Waals surface area contributed by atoms with Crippen molar-refractivity contribution in [2.24, 2.45) is 0 Å². The number of hydrogen-bond donors (Lipinski definition) is 1. The molecule has 6 heteroatoms. The number of carbonyl (C=O) groups is 1. The molecule has 0 aliphatic heterocycles. The maximum atomic E-state index is 13.1. The number of aromatic nitrogens is 4. The third-order valence-electron chi connectivity index (χ3n) is 6.54. The first-order chi connectivity index (χ1) is 17.7. The SMILES string of the molecule is Cc1cccc(C(CC(=O)NCCCn2ccnc2)c2cn(Cc3ccccc3)c3ncccc23)c1. The van der Waals surface area contributed by atoms with Crippen LogP contribution in [0.1, 0.15) is 41.0 Å². The fraction of sp³-hybridized carbons (Fsp3) is 0.233. The normalized spacial score (nSPS) is 12.0. The Bertz CT molecular complexity index is 1420. The lowest BCUT2D eigenvalue weighted by molar-refractivity contribution is -0.121. The summed E-state index contributed by atoms with van der Waals surface area (Å²) in [6.07, 6.45) is 10.8. The van der Waals surface area contributed by atoms with Crippen molar-refractivity contribution in [2.75, 3.05) is 6.54 Å². The van der Waals surface area contributed by atoms with Crippen LogP contribution in [0.15, 0.2) is 97.8 Å². The molecular formula is C30H31N5O. The molecule has 182 valence electrons. The van der Waals surface area contributed by atoms with Gasteiger partial charge in [0.05, 0.1) is 6.33 Å². The Labute approximate surface area is 211 Å². The Morgan fingerprint density at radius 3 is 2.72 bits per heavy atom. The summed E-state index contributed by atoms with van der Waals surface area (Å²) in [6.45, 7) is 4.29. The zero-order chi connectivity index (χ0) is 24.7. The van der Waals surface area contributed by atoms with Gasteiger partial charge in [0.1, 0.15) is 5.65 Å². The van der Waals surface area contributed by atoms with Crippen LogP contribution in [0, 0.1) is 6.92 Å². The monoisotopic (exact) mass is 477 g/mol. The summed E-state index contributed by atoms with van der Waals surface area (Å²) in [7, 11) is 0. The minimum Gasteiger partial charge on any atom is -0.356 e. The van der Waals surface area contributed by atoms with Gasteiger partial charge in [-0.1, -0.05) is 60.2 Å². The summed E-state index contributed by atoms with van der Waals surface area (Å²) in [5.41, 5.74) is 5.62. The highest BCUT2D eigenvalue weighted by Crippen LogP contribution is 2.34. The van der Waals surface area contributed by atoms with Crippen LogP contribution in [0.3, 0.4) is 0 Å². The molecular weight excluding hydrogens is 446 g/mol. The fourth-order valence-electron chi connectivity index (χ4n) is 4.79. The summed E-state index contributed by atoms with van der Waals surface area (Å²) < 4.78 is 4.22. The minimum absolute atomic E-state index is 0.0555. The van der Waals surface area contributed by atoms with E-state index in [1.54, 1.807) is 12.5 Å². The second-order valence-corrected chi connectivity index (χ2v) is 9.25. The van der Waals surface area contributed by atoms with Crippen molar-refractivity contribution in [3.05, 3.63) is 120 Å². The predicted molar refractivity (Wildman–Crippen MR) is 143 cm³/mol. The third kappa shape index (κ3) is 5.54. The molecule has 3 heterocycles. The van der Waals surface area contributed by atoms with Gasteiger partial charge in [-0.15, -0.1) is 0 Å². The molecule has 0 radical (unpaired) electrons. The molecule has 1 amide bonds. The Hall–Kier alpha value is -4.19. The first kappa shape index (κ1) is 23.5. The smallest absolute Gasteiger partial charge is 0.220 e. The number of imidazole rings is 1. The summed E-state index contributed by atoms with van der Waals surface area (Å²) in [5, 5.41) is 4.22. The number of hydrogen-bond acceptors (Lipinski definition) is 3. The molecule has 0 saturated heterocycles. The minimum atomic E-state index is -0.0673. The van der Waals surface area contributed by atoms with Gasteiger partial charge in [0.2, 0.25) is 5.91 Å².